The monoisotopic (exact) mass is 594 g/mol. The quantitative estimate of drug-likeness (QED) is 0.265. The summed E-state index contributed by atoms with van der Waals surface area (Å²) in [4.78, 5) is 31.2. The van der Waals surface area contributed by atoms with Crippen LogP contribution in [0, 0.1) is 11.7 Å². The average Bonchev–Trinajstić information content (AvgIpc) is 3.59. The Bertz CT molecular complexity index is 1610. The minimum atomic E-state index is -4.83. The molecule has 1 aromatic heterocycles. The number of aromatic nitrogens is 3. The molecule has 2 amide bonds. The first-order valence-electron chi connectivity index (χ1n) is 13.2. The van der Waals surface area contributed by atoms with Gasteiger partial charge in [-0.15, -0.1) is 5.10 Å². The van der Waals surface area contributed by atoms with Gasteiger partial charge in [-0.2, -0.15) is 18.2 Å². The lowest BCUT2D eigenvalue weighted by Gasteiger charge is -2.24. The molecule has 5 rings (SSSR count). The van der Waals surface area contributed by atoms with Crippen molar-refractivity contribution in [1.82, 2.24) is 19.7 Å². The Hall–Kier alpha value is -5.20. The lowest BCUT2D eigenvalue weighted by molar-refractivity contribution is -0.145. The maximum absolute atomic E-state index is 13.4. The molecular weight excluding hydrogens is 568 g/mol. The van der Waals surface area contributed by atoms with Crippen LogP contribution in [0.5, 0.6) is 11.5 Å². The molecule has 1 fully saturated rings. The van der Waals surface area contributed by atoms with Crippen molar-refractivity contribution in [3.05, 3.63) is 102 Å². The third kappa shape index (κ3) is 7.36. The molecule has 1 aliphatic heterocycles. The first kappa shape index (κ1) is 29.3. The molecule has 0 spiro atoms. The molecule has 0 aliphatic carbocycles. The van der Waals surface area contributed by atoms with Crippen LogP contribution in [0.25, 0.3) is 6.08 Å². The Kier molecular flexibility index (Phi) is 8.41. The van der Waals surface area contributed by atoms with E-state index in [0.29, 0.717) is 21.9 Å². The third-order valence-corrected chi connectivity index (χ3v) is 6.73. The highest BCUT2D eigenvalue weighted by Crippen LogP contribution is 2.29. The molecule has 2 heterocycles. The van der Waals surface area contributed by atoms with E-state index in [1.165, 1.54) is 29.2 Å². The SMILES string of the molecule is Nc1nc(C(F)(F)F)nn1CC(=O)N1CC(/C=C/c2ccccc2)C[C@H]1C(=O)Nc1ccc(Oc2ccc(F)cc2)cc1. The fraction of sp³-hybridized carbons (Fsp3) is 0.200. The molecule has 0 bridgehead atoms. The molecule has 0 saturated carbocycles. The predicted octanol–water partition coefficient (Wildman–Crippen LogP) is 5.38. The molecule has 43 heavy (non-hydrogen) atoms. The zero-order valence-electron chi connectivity index (χ0n) is 22.5. The summed E-state index contributed by atoms with van der Waals surface area (Å²) >= 11 is 0. The summed E-state index contributed by atoms with van der Waals surface area (Å²) < 4.78 is 58.6. The van der Waals surface area contributed by atoms with Gasteiger partial charge in [0, 0.05) is 12.2 Å². The number of nitrogens with two attached hydrogens (primary N) is 1. The second kappa shape index (κ2) is 12.3. The van der Waals surface area contributed by atoms with E-state index < -0.39 is 48.2 Å². The van der Waals surface area contributed by atoms with Crippen LogP contribution in [-0.2, 0) is 22.3 Å². The van der Waals surface area contributed by atoms with Crippen LogP contribution in [0.3, 0.4) is 0 Å². The van der Waals surface area contributed by atoms with Crippen LogP contribution in [0.1, 0.15) is 17.8 Å². The molecule has 1 saturated heterocycles. The highest BCUT2D eigenvalue weighted by molar-refractivity contribution is 5.97. The fourth-order valence-electron chi connectivity index (χ4n) is 4.62. The van der Waals surface area contributed by atoms with Crippen molar-refractivity contribution in [1.29, 1.82) is 0 Å². The largest absolute Gasteiger partial charge is 0.457 e. The number of anilines is 2. The second-order valence-corrected chi connectivity index (χ2v) is 9.85. The maximum atomic E-state index is 13.4. The highest BCUT2D eigenvalue weighted by atomic mass is 19.4. The standard InChI is InChI=1S/C30H26F4N6O3/c31-21-8-12-23(13-9-21)43-24-14-10-22(11-15-24)36-27(42)25-16-20(7-6-19-4-2-1-3-5-19)17-39(25)26(41)18-40-29(35)37-28(38-40)30(32,33)34/h1-15,20,25H,16-18H2,(H,36,42)(H2,35,37,38)/b7-6+/t20?,25-/m0/s1. The normalized spacial score (nSPS) is 16.9. The van der Waals surface area contributed by atoms with Crippen molar-refractivity contribution in [2.24, 2.45) is 5.92 Å². The number of nitrogens with one attached hydrogen (secondary N) is 1. The number of nitrogens with zero attached hydrogens (tertiary/aromatic N) is 4. The van der Waals surface area contributed by atoms with Crippen molar-refractivity contribution in [3.63, 3.8) is 0 Å². The summed E-state index contributed by atoms with van der Waals surface area (Å²) in [5.74, 6) is -2.83. The van der Waals surface area contributed by atoms with Gasteiger partial charge in [0.2, 0.25) is 17.8 Å². The van der Waals surface area contributed by atoms with Crippen LogP contribution in [0.2, 0.25) is 0 Å². The number of alkyl halides is 3. The van der Waals surface area contributed by atoms with E-state index in [4.69, 9.17) is 10.5 Å². The lowest BCUT2D eigenvalue weighted by atomic mass is 10.0. The Labute approximate surface area is 243 Å². The van der Waals surface area contributed by atoms with Gasteiger partial charge in [-0.1, -0.05) is 42.5 Å². The molecule has 3 N–H and O–H groups in total. The minimum Gasteiger partial charge on any atom is -0.457 e. The molecule has 4 aromatic rings. The Morgan fingerprint density at radius 3 is 2.28 bits per heavy atom. The molecular formula is C30H26F4N6O3. The summed E-state index contributed by atoms with van der Waals surface area (Å²) in [6.07, 6.45) is -0.757. The lowest BCUT2D eigenvalue weighted by Crippen LogP contribution is -2.44. The predicted molar refractivity (Wildman–Crippen MR) is 150 cm³/mol. The van der Waals surface area contributed by atoms with E-state index in [1.807, 2.05) is 42.5 Å². The zero-order valence-corrected chi connectivity index (χ0v) is 22.5. The molecule has 222 valence electrons. The van der Waals surface area contributed by atoms with Crippen molar-refractivity contribution in [2.45, 2.75) is 25.2 Å². The number of carbonyl (C=O) groups is 2. The van der Waals surface area contributed by atoms with Crippen LogP contribution in [0.15, 0.2) is 84.9 Å². The number of halogens is 4. The van der Waals surface area contributed by atoms with E-state index in [0.717, 1.165) is 5.56 Å². The summed E-state index contributed by atoms with van der Waals surface area (Å²) in [7, 11) is 0. The van der Waals surface area contributed by atoms with Crippen LogP contribution in [-0.4, -0.2) is 44.1 Å². The van der Waals surface area contributed by atoms with Crippen molar-refractivity contribution in [2.75, 3.05) is 17.6 Å². The number of hydrogen-bond acceptors (Lipinski definition) is 6. The number of nitrogen functional groups attached to an aromatic ring is 1. The first-order chi connectivity index (χ1) is 20.5. The number of ether oxygens (including phenoxy) is 1. The fourth-order valence-corrected chi connectivity index (χ4v) is 4.62. The topological polar surface area (TPSA) is 115 Å². The van der Waals surface area contributed by atoms with Gasteiger partial charge in [0.25, 0.3) is 5.82 Å². The molecule has 1 unspecified atom stereocenters. The molecule has 1 aliphatic rings. The Morgan fingerprint density at radius 2 is 1.65 bits per heavy atom. The number of carbonyl (C=O) groups excluding carboxylic acids is 2. The van der Waals surface area contributed by atoms with Crippen LogP contribution >= 0.6 is 0 Å². The number of benzene rings is 3. The highest BCUT2D eigenvalue weighted by Gasteiger charge is 2.40. The molecule has 3 aromatic carbocycles. The summed E-state index contributed by atoms with van der Waals surface area (Å²) in [6.45, 7) is -0.464. The number of hydrogen-bond donors (Lipinski definition) is 2. The summed E-state index contributed by atoms with van der Waals surface area (Å²) in [6, 6.07) is 20.5. The van der Waals surface area contributed by atoms with E-state index in [2.05, 4.69) is 15.4 Å². The van der Waals surface area contributed by atoms with E-state index >= 15 is 0 Å². The van der Waals surface area contributed by atoms with Crippen LogP contribution < -0.4 is 15.8 Å². The Balaban J connectivity index is 1.30. The van der Waals surface area contributed by atoms with Gasteiger partial charge >= 0.3 is 6.18 Å². The van der Waals surface area contributed by atoms with Gasteiger partial charge in [0.1, 0.15) is 29.9 Å². The molecule has 13 heteroatoms. The number of amides is 2. The maximum Gasteiger partial charge on any atom is 0.453 e. The van der Waals surface area contributed by atoms with Crippen molar-refractivity contribution < 1.29 is 31.9 Å². The van der Waals surface area contributed by atoms with Crippen LogP contribution in [0.4, 0.5) is 29.2 Å². The molecule has 0 radical (unpaired) electrons. The first-order valence-corrected chi connectivity index (χ1v) is 13.2. The number of rotatable bonds is 8. The van der Waals surface area contributed by atoms with Gasteiger partial charge < -0.3 is 20.7 Å². The van der Waals surface area contributed by atoms with Gasteiger partial charge in [-0.3, -0.25) is 9.59 Å². The summed E-state index contributed by atoms with van der Waals surface area (Å²) in [5.41, 5.74) is 6.96. The van der Waals surface area contributed by atoms with E-state index in [-0.39, 0.29) is 18.9 Å². The second-order valence-electron chi connectivity index (χ2n) is 9.85. The van der Waals surface area contributed by atoms with Gasteiger partial charge in [-0.25, -0.2) is 9.07 Å². The van der Waals surface area contributed by atoms with Gasteiger partial charge in [0.05, 0.1) is 0 Å². The van der Waals surface area contributed by atoms with Gasteiger partial charge in [-0.05, 0) is 66.4 Å². The number of likely N-dealkylation sites (tertiary alicyclic amines) is 1. The smallest absolute Gasteiger partial charge is 0.453 e. The minimum absolute atomic E-state index is 0.158. The summed E-state index contributed by atoms with van der Waals surface area (Å²) in [5, 5.41) is 6.12. The molecule has 9 nitrogen and oxygen atoms in total. The zero-order chi connectivity index (χ0) is 30.6. The van der Waals surface area contributed by atoms with E-state index in [1.54, 1.807) is 24.3 Å². The van der Waals surface area contributed by atoms with E-state index in [9.17, 15) is 27.2 Å². The molecule has 2 atom stereocenters. The van der Waals surface area contributed by atoms with Crippen molar-refractivity contribution >= 4 is 29.5 Å². The third-order valence-electron chi connectivity index (χ3n) is 6.73. The Morgan fingerprint density at radius 1 is 1.00 bits per heavy atom. The van der Waals surface area contributed by atoms with Gasteiger partial charge in [0.15, 0.2) is 0 Å². The van der Waals surface area contributed by atoms with Crippen molar-refractivity contribution in [3.8, 4) is 11.5 Å². The average molecular weight is 595 g/mol.